The lowest BCUT2D eigenvalue weighted by Crippen LogP contribution is -2.45. The van der Waals surface area contributed by atoms with Crippen LogP contribution >= 0.6 is 0 Å². The van der Waals surface area contributed by atoms with Crippen LogP contribution in [0.25, 0.3) is 0 Å². The number of aliphatic hydroxyl groups excluding tert-OH is 2. The smallest absolute Gasteiger partial charge is 0.220 e. The fourth-order valence-corrected chi connectivity index (χ4v) is 10.6. The number of carbonyl (C=O) groups is 1. The zero-order chi connectivity index (χ0) is 52.0. The first-order valence-electron chi connectivity index (χ1n) is 33.2. The second-order valence-corrected chi connectivity index (χ2v) is 22.9. The molecule has 1 amide bonds. The molecular formula is C68H131NO3. The van der Waals surface area contributed by atoms with Crippen molar-refractivity contribution in [3.05, 3.63) is 36.5 Å². The van der Waals surface area contributed by atoms with E-state index in [0.29, 0.717) is 6.42 Å². The molecule has 0 spiro atoms. The summed E-state index contributed by atoms with van der Waals surface area (Å²) in [5, 5.41) is 23.2. The molecule has 2 unspecified atom stereocenters. The van der Waals surface area contributed by atoms with Gasteiger partial charge in [0, 0.05) is 6.42 Å². The predicted octanol–water partition coefficient (Wildman–Crippen LogP) is 22.4. The summed E-state index contributed by atoms with van der Waals surface area (Å²) >= 11 is 0. The van der Waals surface area contributed by atoms with Gasteiger partial charge in [0.05, 0.1) is 18.8 Å². The highest BCUT2D eigenvalue weighted by Gasteiger charge is 2.18. The number of carbonyl (C=O) groups excluding carboxylic acids is 1. The van der Waals surface area contributed by atoms with Crippen LogP contribution in [-0.2, 0) is 4.79 Å². The minimum Gasteiger partial charge on any atom is -0.394 e. The normalized spacial score (nSPS) is 12.9. The highest BCUT2D eigenvalue weighted by atomic mass is 16.3. The van der Waals surface area contributed by atoms with Crippen molar-refractivity contribution in [3.8, 4) is 0 Å². The lowest BCUT2D eigenvalue weighted by atomic mass is 10.0. The second kappa shape index (κ2) is 63.9. The molecule has 72 heavy (non-hydrogen) atoms. The molecule has 0 aliphatic carbocycles. The second-order valence-electron chi connectivity index (χ2n) is 22.9. The van der Waals surface area contributed by atoms with Crippen LogP contribution in [0.5, 0.6) is 0 Å². The van der Waals surface area contributed by atoms with E-state index < -0.39 is 12.1 Å². The molecule has 4 nitrogen and oxygen atoms in total. The number of hydrogen-bond acceptors (Lipinski definition) is 3. The van der Waals surface area contributed by atoms with E-state index in [2.05, 4.69) is 43.5 Å². The number of amides is 1. The van der Waals surface area contributed by atoms with Gasteiger partial charge in [0.15, 0.2) is 0 Å². The molecule has 0 heterocycles. The summed E-state index contributed by atoms with van der Waals surface area (Å²) in [5.41, 5.74) is 0. The average molecular weight is 1010 g/mol. The van der Waals surface area contributed by atoms with Crippen molar-refractivity contribution in [2.75, 3.05) is 6.61 Å². The maximum absolute atomic E-state index is 12.5. The first kappa shape index (κ1) is 70.6. The van der Waals surface area contributed by atoms with E-state index in [1.165, 1.54) is 315 Å². The molecule has 4 heteroatoms. The van der Waals surface area contributed by atoms with Crippen LogP contribution in [0, 0.1) is 0 Å². The SMILES string of the molecule is CCCCCCCCCCCCC/C=C/CC/C=C/CC/C=C/C(O)C(CO)NC(=O)CCCCCCCCCCCCCCCCCCCCCCCCCCCCCCCCCCCCCCCCC. The van der Waals surface area contributed by atoms with Crippen molar-refractivity contribution in [2.24, 2.45) is 0 Å². The lowest BCUT2D eigenvalue weighted by Gasteiger charge is -2.19. The summed E-state index contributed by atoms with van der Waals surface area (Å²) < 4.78 is 0. The van der Waals surface area contributed by atoms with Crippen molar-refractivity contribution in [1.82, 2.24) is 5.32 Å². The van der Waals surface area contributed by atoms with Crippen LogP contribution in [0.4, 0.5) is 0 Å². The third-order valence-corrected chi connectivity index (χ3v) is 15.6. The maximum atomic E-state index is 12.5. The standard InChI is InChI=1S/C68H131NO3/c1-3-5-7-9-11-13-15-17-19-21-23-25-26-27-28-29-30-31-32-33-34-35-36-37-38-39-40-41-42-44-46-48-50-52-54-56-58-60-62-64-68(72)69-66(65-70)67(71)63-61-59-57-55-53-51-49-47-45-43-24-22-20-18-16-14-12-10-8-6-4-2/h45,47,53,55,61,63,66-67,70-71H,3-44,46,48-52,54,56-60,62,64-65H2,1-2H3,(H,69,72)/b47-45+,55-53+,63-61+. The fourth-order valence-electron chi connectivity index (χ4n) is 10.6. The van der Waals surface area contributed by atoms with E-state index >= 15 is 0 Å². The number of rotatable bonds is 62. The van der Waals surface area contributed by atoms with Crippen molar-refractivity contribution in [3.63, 3.8) is 0 Å². The minimum absolute atomic E-state index is 0.0705. The summed E-state index contributed by atoms with van der Waals surface area (Å²) in [4.78, 5) is 12.5. The van der Waals surface area contributed by atoms with Gasteiger partial charge in [-0.25, -0.2) is 0 Å². The number of unbranched alkanes of at least 4 members (excludes halogenated alkanes) is 51. The molecule has 0 radical (unpaired) electrons. The number of nitrogens with one attached hydrogen (secondary N) is 1. The van der Waals surface area contributed by atoms with E-state index in [1.54, 1.807) is 6.08 Å². The molecule has 0 aliphatic heterocycles. The van der Waals surface area contributed by atoms with Gasteiger partial charge in [-0.15, -0.1) is 0 Å². The quantitative estimate of drug-likeness (QED) is 0.0420. The van der Waals surface area contributed by atoms with Crippen LogP contribution in [0.15, 0.2) is 36.5 Å². The van der Waals surface area contributed by atoms with Gasteiger partial charge in [-0.05, 0) is 44.9 Å². The Morgan fingerprint density at radius 2 is 0.542 bits per heavy atom. The Labute approximate surface area is 452 Å². The van der Waals surface area contributed by atoms with E-state index in [0.717, 1.165) is 38.5 Å². The molecular weight excluding hydrogens is 879 g/mol. The molecule has 0 bridgehead atoms. The Bertz CT molecular complexity index is 1100. The van der Waals surface area contributed by atoms with Gasteiger partial charge in [0.1, 0.15) is 0 Å². The summed E-state index contributed by atoms with van der Waals surface area (Å²) in [5.74, 6) is -0.0705. The van der Waals surface area contributed by atoms with E-state index in [9.17, 15) is 15.0 Å². The maximum Gasteiger partial charge on any atom is 0.220 e. The van der Waals surface area contributed by atoms with Gasteiger partial charge in [-0.2, -0.15) is 0 Å². The first-order chi connectivity index (χ1) is 35.7. The van der Waals surface area contributed by atoms with Gasteiger partial charge >= 0.3 is 0 Å². The van der Waals surface area contributed by atoms with E-state index in [4.69, 9.17) is 0 Å². The van der Waals surface area contributed by atoms with Crippen LogP contribution in [-0.4, -0.2) is 34.9 Å². The first-order valence-corrected chi connectivity index (χ1v) is 33.2. The van der Waals surface area contributed by atoms with Crippen molar-refractivity contribution in [2.45, 2.75) is 386 Å². The van der Waals surface area contributed by atoms with Gasteiger partial charge in [-0.3, -0.25) is 4.79 Å². The molecule has 0 aliphatic rings. The molecule has 0 saturated carbocycles. The number of allylic oxidation sites excluding steroid dienone is 5. The fraction of sp³-hybridized carbons (Fsp3) is 0.897. The monoisotopic (exact) mass is 1010 g/mol. The number of hydrogen-bond donors (Lipinski definition) is 3. The molecule has 0 fully saturated rings. The van der Waals surface area contributed by atoms with Crippen LogP contribution in [0.1, 0.15) is 373 Å². The van der Waals surface area contributed by atoms with Crippen molar-refractivity contribution >= 4 is 5.91 Å². The highest BCUT2D eigenvalue weighted by molar-refractivity contribution is 5.76. The van der Waals surface area contributed by atoms with Gasteiger partial charge in [0.25, 0.3) is 0 Å². The number of aliphatic hydroxyl groups is 2. The summed E-state index contributed by atoms with van der Waals surface area (Å²) in [6, 6.07) is -0.645. The van der Waals surface area contributed by atoms with Crippen molar-refractivity contribution < 1.29 is 15.0 Å². The molecule has 0 rings (SSSR count). The topological polar surface area (TPSA) is 69.6 Å². The molecule has 0 aromatic rings. The summed E-state index contributed by atoms with van der Waals surface area (Å²) in [7, 11) is 0. The summed E-state index contributed by atoms with van der Waals surface area (Å²) in [6.07, 6.45) is 88.0. The van der Waals surface area contributed by atoms with Crippen LogP contribution in [0.2, 0.25) is 0 Å². The zero-order valence-corrected chi connectivity index (χ0v) is 49.2. The third-order valence-electron chi connectivity index (χ3n) is 15.6. The summed E-state index contributed by atoms with van der Waals surface area (Å²) in [6.45, 7) is 4.33. The van der Waals surface area contributed by atoms with Crippen LogP contribution < -0.4 is 5.32 Å². The average Bonchev–Trinajstić information content (AvgIpc) is 3.39. The van der Waals surface area contributed by atoms with E-state index in [-0.39, 0.29) is 12.5 Å². The molecule has 0 saturated heterocycles. The zero-order valence-electron chi connectivity index (χ0n) is 49.2. The van der Waals surface area contributed by atoms with Gasteiger partial charge < -0.3 is 15.5 Å². The van der Waals surface area contributed by atoms with Crippen LogP contribution in [0.3, 0.4) is 0 Å². The third kappa shape index (κ3) is 59.5. The van der Waals surface area contributed by atoms with Crippen molar-refractivity contribution in [1.29, 1.82) is 0 Å². The Morgan fingerprint density at radius 3 is 0.806 bits per heavy atom. The largest absolute Gasteiger partial charge is 0.394 e. The molecule has 426 valence electrons. The Balaban J connectivity index is 3.41. The predicted molar refractivity (Wildman–Crippen MR) is 322 cm³/mol. The molecule has 0 aromatic carbocycles. The van der Waals surface area contributed by atoms with Gasteiger partial charge in [-0.1, -0.05) is 359 Å². The highest BCUT2D eigenvalue weighted by Crippen LogP contribution is 2.19. The van der Waals surface area contributed by atoms with Gasteiger partial charge in [0.2, 0.25) is 5.91 Å². The molecule has 0 aromatic heterocycles. The Morgan fingerprint density at radius 1 is 0.319 bits per heavy atom. The Kier molecular flexibility index (Phi) is 62.7. The molecule has 3 N–H and O–H groups in total. The van der Waals surface area contributed by atoms with E-state index in [1.807, 2.05) is 6.08 Å². The lowest BCUT2D eigenvalue weighted by molar-refractivity contribution is -0.123. The minimum atomic E-state index is -0.869. The Hall–Kier alpha value is -1.39. The molecule has 2 atom stereocenters.